The fourth-order valence-corrected chi connectivity index (χ4v) is 1.82. The highest BCUT2D eigenvalue weighted by atomic mass is 19.4. The van der Waals surface area contributed by atoms with Crippen LogP contribution in [-0.2, 0) is 4.79 Å². The van der Waals surface area contributed by atoms with Gasteiger partial charge in [0.05, 0.1) is 0 Å². The number of carbonyl (C=O) groups excluding carboxylic acids is 1. The third-order valence-corrected chi connectivity index (χ3v) is 2.89. The molecule has 0 saturated heterocycles. The number of nitrogens with one attached hydrogen (secondary N) is 2. The van der Waals surface area contributed by atoms with Crippen LogP contribution in [0, 0.1) is 6.92 Å². The van der Waals surface area contributed by atoms with E-state index in [-0.39, 0.29) is 17.5 Å². The molecule has 0 spiro atoms. The number of alkyl halides is 3. The summed E-state index contributed by atoms with van der Waals surface area (Å²) in [6, 6.07) is 6.84. The number of rotatable bonds is 6. The first-order chi connectivity index (χ1) is 11.2. The molecule has 1 atom stereocenters. The molecule has 2 N–H and O–H groups in total. The maximum atomic E-state index is 12.2. The molecule has 0 aliphatic rings. The summed E-state index contributed by atoms with van der Waals surface area (Å²) in [7, 11) is 0. The lowest BCUT2D eigenvalue weighted by molar-refractivity contribution is -0.153. The lowest BCUT2D eigenvalue weighted by Gasteiger charge is -2.15. The van der Waals surface area contributed by atoms with Crippen molar-refractivity contribution in [1.29, 1.82) is 0 Å². The molecule has 0 radical (unpaired) electrons. The van der Waals surface area contributed by atoms with E-state index in [1.165, 1.54) is 18.2 Å². The Morgan fingerprint density at radius 3 is 2.75 bits per heavy atom. The van der Waals surface area contributed by atoms with E-state index in [4.69, 9.17) is 4.52 Å². The van der Waals surface area contributed by atoms with Gasteiger partial charge < -0.3 is 19.9 Å². The largest absolute Gasteiger partial charge is 0.484 e. The molecule has 1 heterocycles. The molecule has 0 fully saturated rings. The van der Waals surface area contributed by atoms with Crippen LogP contribution in [-0.4, -0.2) is 29.9 Å². The Bertz CT molecular complexity index is 701. The summed E-state index contributed by atoms with van der Waals surface area (Å²) in [6.07, 6.45) is -4.41. The van der Waals surface area contributed by atoms with Gasteiger partial charge in [0.1, 0.15) is 17.6 Å². The van der Waals surface area contributed by atoms with Crippen LogP contribution in [0.3, 0.4) is 0 Å². The van der Waals surface area contributed by atoms with Crippen LogP contribution in [0.1, 0.15) is 12.7 Å². The van der Waals surface area contributed by atoms with E-state index in [9.17, 15) is 18.0 Å². The highest BCUT2D eigenvalue weighted by Gasteiger charge is 2.28. The molecule has 0 bridgehead atoms. The third kappa shape index (κ3) is 5.49. The highest BCUT2D eigenvalue weighted by Crippen LogP contribution is 2.22. The molecule has 130 valence electrons. The smallest absolute Gasteiger partial charge is 0.422 e. The van der Waals surface area contributed by atoms with E-state index in [0.717, 1.165) is 0 Å². The number of aromatic nitrogens is 1. The van der Waals surface area contributed by atoms with E-state index in [0.29, 0.717) is 11.4 Å². The topological polar surface area (TPSA) is 76.4 Å². The molecule has 0 saturated carbocycles. The molecule has 0 aliphatic heterocycles. The minimum atomic E-state index is -4.41. The van der Waals surface area contributed by atoms with Gasteiger partial charge >= 0.3 is 6.18 Å². The van der Waals surface area contributed by atoms with E-state index in [1.54, 1.807) is 26.0 Å². The molecule has 0 aliphatic carbocycles. The quantitative estimate of drug-likeness (QED) is 0.841. The zero-order valence-corrected chi connectivity index (χ0v) is 13.0. The van der Waals surface area contributed by atoms with Crippen LogP contribution in [0.4, 0.5) is 24.7 Å². The van der Waals surface area contributed by atoms with Gasteiger partial charge in [0.25, 0.3) is 0 Å². The standard InChI is InChI=1S/C15H16F3N3O3/c1-9-6-13(21-24-9)20-14(22)10(2)19-11-4-3-5-12(7-11)23-8-15(16,17)18/h3-7,10,19H,8H2,1-2H3,(H,20,21,22)/t10-/m1/s1. The summed E-state index contributed by atoms with van der Waals surface area (Å²) < 4.78 is 46.0. The number of aryl methyl sites for hydroxylation is 1. The van der Waals surface area contributed by atoms with Crippen LogP contribution < -0.4 is 15.4 Å². The molecule has 2 aromatic rings. The fourth-order valence-electron chi connectivity index (χ4n) is 1.82. The highest BCUT2D eigenvalue weighted by molar-refractivity contribution is 5.95. The van der Waals surface area contributed by atoms with Gasteiger partial charge in [0, 0.05) is 17.8 Å². The van der Waals surface area contributed by atoms with Gasteiger partial charge in [-0.2, -0.15) is 13.2 Å². The third-order valence-electron chi connectivity index (χ3n) is 2.89. The van der Waals surface area contributed by atoms with Crippen molar-refractivity contribution in [2.45, 2.75) is 26.1 Å². The van der Waals surface area contributed by atoms with Crippen LogP contribution >= 0.6 is 0 Å². The molecule has 9 heteroatoms. The zero-order chi connectivity index (χ0) is 17.7. The van der Waals surface area contributed by atoms with Crippen LogP contribution in [0.25, 0.3) is 0 Å². The maximum Gasteiger partial charge on any atom is 0.422 e. The minimum Gasteiger partial charge on any atom is -0.484 e. The molecule has 1 aromatic carbocycles. The van der Waals surface area contributed by atoms with Gasteiger partial charge in [-0.3, -0.25) is 4.79 Å². The number of hydrogen-bond acceptors (Lipinski definition) is 5. The number of carbonyl (C=O) groups is 1. The van der Waals surface area contributed by atoms with E-state index < -0.39 is 18.8 Å². The monoisotopic (exact) mass is 343 g/mol. The fraction of sp³-hybridized carbons (Fsp3) is 0.333. The molecule has 1 amide bonds. The first-order valence-electron chi connectivity index (χ1n) is 7.03. The van der Waals surface area contributed by atoms with Crippen molar-refractivity contribution in [2.24, 2.45) is 0 Å². The summed E-state index contributed by atoms with van der Waals surface area (Å²) in [6.45, 7) is 1.92. The Morgan fingerprint density at radius 2 is 2.12 bits per heavy atom. The number of nitrogens with zero attached hydrogens (tertiary/aromatic N) is 1. The van der Waals surface area contributed by atoms with Crippen LogP contribution in [0.2, 0.25) is 0 Å². The van der Waals surface area contributed by atoms with E-state index in [2.05, 4.69) is 20.5 Å². The van der Waals surface area contributed by atoms with Gasteiger partial charge in [-0.15, -0.1) is 0 Å². The molecule has 24 heavy (non-hydrogen) atoms. The van der Waals surface area contributed by atoms with Gasteiger partial charge in [0.15, 0.2) is 12.4 Å². The average Bonchev–Trinajstić information content (AvgIpc) is 2.90. The Kier molecular flexibility index (Phi) is 5.32. The molecule has 6 nitrogen and oxygen atoms in total. The van der Waals surface area contributed by atoms with Crippen molar-refractivity contribution in [2.75, 3.05) is 17.2 Å². The summed E-state index contributed by atoms with van der Waals surface area (Å²) >= 11 is 0. The number of amides is 1. The van der Waals surface area contributed by atoms with Crippen molar-refractivity contribution < 1.29 is 27.2 Å². The van der Waals surface area contributed by atoms with Crippen LogP contribution in [0.5, 0.6) is 5.75 Å². The van der Waals surface area contributed by atoms with Crippen LogP contribution in [0.15, 0.2) is 34.9 Å². The summed E-state index contributed by atoms with van der Waals surface area (Å²) in [5.41, 5.74) is 0.452. The lowest BCUT2D eigenvalue weighted by atomic mass is 10.2. The van der Waals surface area contributed by atoms with Crippen molar-refractivity contribution >= 4 is 17.4 Å². The summed E-state index contributed by atoms with van der Waals surface area (Å²) in [5, 5.41) is 9.08. The maximum absolute atomic E-state index is 12.2. The van der Waals surface area contributed by atoms with Crippen molar-refractivity contribution in [3.63, 3.8) is 0 Å². The van der Waals surface area contributed by atoms with Gasteiger partial charge in [-0.05, 0) is 26.0 Å². The number of halogens is 3. The second-order valence-corrected chi connectivity index (χ2v) is 5.11. The normalized spacial score (nSPS) is 12.5. The van der Waals surface area contributed by atoms with E-state index in [1.807, 2.05) is 0 Å². The first kappa shape index (κ1) is 17.6. The molecular weight excluding hydrogens is 327 g/mol. The van der Waals surface area contributed by atoms with Crippen molar-refractivity contribution in [3.05, 3.63) is 36.1 Å². The van der Waals surface area contributed by atoms with E-state index >= 15 is 0 Å². The average molecular weight is 343 g/mol. The SMILES string of the molecule is Cc1cc(NC(=O)[C@@H](C)Nc2cccc(OCC(F)(F)F)c2)no1. The summed E-state index contributed by atoms with van der Waals surface area (Å²) in [5.74, 6) is 0.524. The molecule has 0 unspecified atom stereocenters. The molecule has 1 aromatic heterocycles. The van der Waals surface area contributed by atoms with Crippen molar-refractivity contribution in [1.82, 2.24) is 5.16 Å². The number of benzene rings is 1. The van der Waals surface area contributed by atoms with Gasteiger partial charge in [-0.25, -0.2) is 0 Å². The molecular formula is C15H16F3N3O3. The first-order valence-corrected chi connectivity index (χ1v) is 7.03. The number of ether oxygens (including phenoxy) is 1. The zero-order valence-electron chi connectivity index (χ0n) is 13.0. The number of hydrogen-bond donors (Lipinski definition) is 2. The van der Waals surface area contributed by atoms with Crippen molar-refractivity contribution in [3.8, 4) is 5.75 Å². The second-order valence-electron chi connectivity index (χ2n) is 5.11. The predicted octanol–water partition coefficient (Wildman–Crippen LogP) is 3.36. The lowest BCUT2D eigenvalue weighted by Crippen LogP contribution is -2.32. The summed E-state index contributed by atoms with van der Waals surface area (Å²) in [4.78, 5) is 12.0. The Morgan fingerprint density at radius 1 is 1.38 bits per heavy atom. The number of anilines is 2. The van der Waals surface area contributed by atoms with Gasteiger partial charge in [0.2, 0.25) is 5.91 Å². The minimum absolute atomic E-state index is 0.0528. The Balaban J connectivity index is 1.93. The van der Waals surface area contributed by atoms with Gasteiger partial charge in [-0.1, -0.05) is 11.2 Å². The molecule has 2 rings (SSSR count). The Hall–Kier alpha value is -2.71. The predicted molar refractivity (Wildman–Crippen MR) is 80.9 cm³/mol. The Labute approximate surface area is 136 Å². The second kappa shape index (κ2) is 7.24.